The van der Waals surface area contributed by atoms with Crippen LogP contribution in [0.2, 0.25) is 0 Å². The van der Waals surface area contributed by atoms with Crippen molar-refractivity contribution in [1.82, 2.24) is 4.98 Å². The van der Waals surface area contributed by atoms with E-state index < -0.39 is 20.2 Å². The first-order valence-corrected chi connectivity index (χ1v) is 6.67. The van der Waals surface area contributed by atoms with E-state index in [0.29, 0.717) is 0 Å². The minimum atomic E-state index is -4.07. The van der Waals surface area contributed by atoms with Gasteiger partial charge >= 0.3 is 20.2 Å². The van der Waals surface area contributed by atoms with Crippen LogP contribution in [0.4, 0.5) is 0 Å². The van der Waals surface area contributed by atoms with Crippen LogP contribution in [0.25, 0.3) is 11.1 Å². The number of aromatic nitrogens is 1. The molecule has 8 heteroatoms. The van der Waals surface area contributed by atoms with Gasteiger partial charge in [-0.25, -0.2) is 13.2 Å². The minimum absolute atomic E-state index is 0.0265. The first-order valence-electron chi connectivity index (χ1n) is 4.36. The molecule has 1 aromatic heterocycles. The highest BCUT2D eigenvalue weighted by Crippen LogP contribution is 2.24. The first-order chi connectivity index (χ1) is 7.93. The Kier molecular flexibility index (Phi) is 2.80. The number of carbonyl (C=O) groups is 1. The highest BCUT2D eigenvalue weighted by molar-refractivity contribution is 8.13. The molecular weight excluding hydrogens is 270 g/mol. The molecule has 2 rings (SSSR count). The maximum atomic E-state index is 11.4. The Hall–Kier alpha value is -1.60. The number of ether oxygens (including phenoxy) is 1. The molecule has 0 bridgehead atoms. The topological polar surface area (TPSA) is 86.5 Å². The summed E-state index contributed by atoms with van der Waals surface area (Å²) in [6.07, 6.45) is 0. The number of fused-ring (bicyclic) bond motifs is 1. The molecule has 0 unspecified atom stereocenters. The molecule has 6 nitrogen and oxygen atoms in total. The van der Waals surface area contributed by atoms with Gasteiger partial charge in [0.05, 0.1) is 7.11 Å². The van der Waals surface area contributed by atoms with Crippen molar-refractivity contribution >= 4 is 36.8 Å². The summed E-state index contributed by atoms with van der Waals surface area (Å²) in [5, 5.41) is -0.648. The first kappa shape index (κ1) is 11.9. The van der Waals surface area contributed by atoms with Crippen LogP contribution in [0, 0.1) is 0 Å². The van der Waals surface area contributed by atoms with E-state index >= 15 is 0 Å². The fraction of sp³-hybridized carbons (Fsp3) is 0.111. The average molecular weight is 276 g/mol. The van der Waals surface area contributed by atoms with E-state index in [-0.39, 0.29) is 16.7 Å². The number of hydrogen-bond acceptors (Lipinski definition) is 6. The predicted molar refractivity (Wildman–Crippen MR) is 58.4 cm³/mol. The van der Waals surface area contributed by atoms with Crippen LogP contribution in [-0.2, 0) is 13.8 Å². The SMILES string of the molecule is COC(=O)c1cccc2nc(S(=O)(=O)Cl)oc12. The third kappa shape index (κ3) is 2.11. The third-order valence-corrected chi connectivity index (χ3v) is 3.00. The van der Waals surface area contributed by atoms with E-state index in [1.54, 1.807) is 0 Å². The van der Waals surface area contributed by atoms with Gasteiger partial charge in [0.2, 0.25) is 0 Å². The number of oxazole rings is 1. The zero-order valence-electron chi connectivity index (χ0n) is 8.51. The van der Waals surface area contributed by atoms with Crippen LogP contribution in [-0.4, -0.2) is 26.5 Å². The summed E-state index contributed by atoms with van der Waals surface area (Å²) in [4.78, 5) is 15.1. The second kappa shape index (κ2) is 4.01. The maximum absolute atomic E-state index is 11.4. The number of para-hydroxylation sites is 1. The summed E-state index contributed by atoms with van der Waals surface area (Å²) in [6.45, 7) is 0. The minimum Gasteiger partial charge on any atom is -0.465 e. The van der Waals surface area contributed by atoms with Crippen LogP contribution in [0.5, 0.6) is 0 Å². The second-order valence-corrected chi connectivity index (χ2v) is 5.51. The summed E-state index contributed by atoms with van der Waals surface area (Å²) >= 11 is 0. The standard InChI is InChI=1S/C9H6ClNO5S/c1-15-8(12)5-3-2-4-6-7(5)16-9(11-6)17(10,13)14/h2-4H,1H3. The lowest BCUT2D eigenvalue weighted by Crippen LogP contribution is -2.00. The number of nitrogens with zero attached hydrogens (tertiary/aromatic N) is 1. The normalized spacial score (nSPS) is 11.6. The molecule has 0 N–H and O–H groups in total. The van der Waals surface area contributed by atoms with Crippen molar-refractivity contribution in [2.45, 2.75) is 5.22 Å². The Morgan fingerprint density at radius 3 is 2.76 bits per heavy atom. The molecular formula is C9H6ClNO5S. The van der Waals surface area contributed by atoms with Gasteiger partial charge in [-0.1, -0.05) is 6.07 Å². The van der Waals surface area contributed by atoms with E-state index in [0.717, 1.165) is 0 Å². The number of benzene rings is 1. The second-order valence-electron chi connectivity index (χ2n) is 3.06. The van der Waals surface area contributed by atoms with Gasteiger partial charge in [0.1, 0.15) is 11.1 Å². The largest absolute Gasteiger partial charge is 0.465 e. The molecule has 0 atom stereocenters. The predicted octanol–water partition coefficient (Wildman–Crippen LogP) is 1.54. The lowest BCUT2D eigenvalue weighted by atomic mass is 10.2. The zero-order chi connectivity index (χ0) is 12.6. The Bertz CT molecular complexity index is 690. The van der Waals surface area contributed by atoms with Crippen LogP contribution >= 0.6 is 10.7 Å². The Morgan fingerprint density at radius 1 is 1.47 bits per heavy atom. The van der Waals surface area contributed by atoms with Crippen LogP contribution in [0.1, 0.15) is 10.4 Å². The summed E-state index contributed by atoms with van der Waals surface area (Å²) in [6, 6.07) is 4.46. The van der Waals surface area contributed by atoms with Crippen LogP contribution in [0.15, 0.2) is 27.8 Å². The summed E-state index contributed by atoms with van der Waals surface area (Å²) in [5.74, 6) is -0.648. The van der Waals surface area contributed by atoms with Gasteiger partial charge in [0.15, 0.2) is 5.58 Å². The average Bonchev–Trinajstić information content (AvgIpc) is 2.71. The molecule has 0 radical (unpaired) electrons. The Morgan fingerprint density at radius 2 is 2.18 bits per heavy atom. The van der Waals surface area contributed by atoms with Crippen molar-refractivity contribution in [3.8, 4) is 0 Å². The smallest absolute Gasteiger partial charge is 0.341 e. The molecule has 0 aliphatic carbocycles. The van der Waals surface area contributed by atoms with E-state index in [1.807, 2.05) is 0 Å². The molecule has 0 saturated carbocycles. The molecule has 1 aromatic carbocycles. The Labute approximate surface area is 101 Å². The maximum Gasteiger partial charge on any atom is 0.341 e. The number of methoxy groups -OCH3 is 1. The molecule has 1 heterocycles. The van der Waals surface area contributed by atoms with Crippen LogP contribution in [0.3, 0.4) is 0 Å². The van der Waals surface area contributed by atoms with Gasteiger partial charge in [-0.3, -0.25) is 0 Å². The molecule has 0 amide bonds. The number of rotatable bonds is 2. The van der Waals surface area contributed by atoms with Crippen molar-refractivity contribution in [3.05, 3.63) is 23.8 Å². The molecule has 0 fully saturated rings. The van der Waals surface area contributed by atoms with Crippen LogP contribution < -0.4 is 0 Å². The molecule has 90 valence electrons. The highest BCUT2D eigenvalue weighted by atomic mass is 35.7. The van der Waals surface area contributed by atoms with Gasteiger partial charge in [0.25, 0.3) is 0 Å². The van der Waals surface area contributed by atoms with Crippen molar-refractivity contribution in [1.29, 1.82) is 0 Å². The molecule has 0 aliphatic heterocycles. The highest BCUT2D eigenvalue weighted by Gasteiger charge is 2.22. The van der Waals surface area contributed by atoms with E-state index in [2.05, 4.69) is 9.72 Å². The molecule has 0 spiro atoms. The van der Waals surface area contributed by atoms with Crippen molar-refractivity contribution in [3.63, 3.8) is 0 Å². The number of hydrogen-bond donors (Lipinski definition) is 0. The monoisotopic (exact) mass is 275 g/mol. The van der Waals surface area contributed by atoms with Crippen molar-refractivity contribution in [2.75, 3.05) is 7.11 Å². The van der Waals surface area contributed by atoms with Gasteiger partial charge in [0, 0.05) is 10.7 Å². The molecule has 0 aliphatic rings. The van der Waals surface area contributed by atoms with E-state index in [4.69, 9.17) is 15.1 Å². The fourth-order valence-electron chi connectivity index (χ4n) is 1.30. The molecule has 0 saturated heterocycles. The fourth-order valence-corrected chi connectivity index (χ4v) is 1.89. The van der Waals surface area contributed by atoms with Gasteiger partial charge in [-0.15, -0.1) is 0 Å². The third-order valence-electron chi connectivity index (χ3n) is 2.01. The molecule has 2 aromatic rings. The Balaban J connectivity index is 2.74. The summed E-state index contributed by atoms with van der Waals surface area (Å²) < 4.78 is 31.6. The lowest BCUT2D eigenvalue weighted by molar-refractivity contribution is 0.0601. The van der Waals surface area contributed by atoms with Crippen molar-refractivity contribution < 1.29 is 22.4 Å². The lowest BCUT2D eigenvalue weighted by Gasteiger charge is -1.97. The van der Waals surface area contributed by atoms with Gasteiger partial charge in [-0.2, -0.15) is 4.98 Å². The van der Waals surface area contributed by atoms with E-state index in [9.17, 15) is 13.2 Å². The number of carbonyl (C=O) groups excluding carboxylic acids is 1. The van der Waals surface area contributed by atoms with Gasteiger partial charge in [-0.05, 0) is 12.1 Å². The number of esters is 1. The quantitative estimate of drug-likeness (QED) is 0.610. The van der Waals surface area contributed by atoms with Gasteiger partial charge < -0.3 is 9.15 Å². The summed E-state index contributed by atoms with van der Waals surface area (Å²) in [5.41, 5.74) is 0.328. The summed E-state index contributed by atoms with van der Waals surface area (Å²) in [7, 11) is 2.23. The van der Waals surface area contributed by atoms with Crippen molar-refractivity contribution in [2.24, 2.45) is 0 Å². The zero-order valence-corrected chi connectivity index (χ0v) is 10.1. The number of halogens is 1. The molecule has 17 heavy (non-hydrogen) atoms. The van der Waals surface area contributed by atoms with E-state index in [1.165, 1.54) is 25.3 Å².